The quantitative estimate of drug-likeness (QED) is 0.616. The number of nitrogens with zero attached hydrogens (tertiary/aromatic N) is 2. The molecule has 1 aromatic carbocycles. The van der Waals surface area contributed by atoms with Gasteiger partial charge in [-0.3, -0.25) is 10.1 Å². The van der Waals surface area contributed by atoms with Crippen LogP contribution >= 0.6 is 11.6 Å². The Balaban J connectivity index is 1.76. The number of anilines is 1. The van der Waals surface area contributed by atoms with E-state index in [1.807, 2.05) is 6.92 Å². The smallest absolute Gasteiger partial charge is 0.273 e. The van der Waals surface area contributed by atoms with Crippen LogP contribution in [0.1, 0.15) is 25.3 Å². The number of hydrogen-bond acceptors (Lipinski definition) is 5. The van der Waals surface area contributed by atoms with Gasteiger partial charge in [-0.05, 0) is 19.9 Å². The lowest BCUT2D eigenvalue weighted by Gasteiger charge is -2.39. The van der Waals surface area contributed by atoms with Gasteiger partial charge in [-0.25, -0.2) is 0 Å². The number of nitro groups is 1. The molecule has 3 rings (SSSR count). The summed E-state index contributed by atoms with van der Waals surface area (Å²) >= 11 is 6.24. The molecule has 0 saturated carbocycles. The minimum absolute atomic E-state index is 0.0542. The molecular weight excluding hydrogens is 308 g/mol. The van der Waals surface area contributed by atoms with Gasteiger partial charge >= 0.3 is 0 Å². The number of nitro benzene ring substituents is 1. The summed E-state index contributed by atoms with van der Waals surface area (Å²) in [4.78, 5) is 12.7. The predicted octanol–water partition coefficient (Wildman–Crippen LogP) is 3.29. The maximum Gasteiger partial charge on any atom is 0.273 e. The van der Waals surface area contributed by atoms with Gasteiger partial charge in [-0.1, -0.05) is 11.6 Å². The van der Waals surface area contributed by atoms with Gasteiger partial charge in [0.15, 0.2) is 5.79 Å². The van der Waals surface area contributed by atoms with E-state index in [0.717, 1.165) is 31.6 Å². The van der Waals surface area contributed by atoms with E-state index in [4.69, 9.17) is 21.1 Å². The van der Waals surface area contributed by atoms with E-state index >= 15 is 0 Å². The maximum atomic E-state index is 11.0. The van der Waals surface area contributed by atoms with Gasteiger partial charge in [0.05, 0.1) is 28.3 Å². The SMILES string of the molecule is Cc1cc(N2CCC3(CC2)OCC(C)O3)c(Cl)cc1[N+](=O)[O-]. The van der Waals surface area contributed by atoms with Crippen LogP contribution in [0.15, 0.2) is 12.1 Å². The predicted molar refractivity (Wildman–Crippen MR) is 83.5 cm³/mol. The third kappa shape index (κ3) is 2.78. The Labute approximate surface area is 134 Å². The summed E-state index contributed by atoms with van der Waals surface area (Å²) in [6, 6.07) is 3.22. The van der Waals surface area contributed by atoms with E-state index < -0.39 is 10.7 Å². The molecule has 7 heteroatoms. The van der Waals surface area contributed by atoms with Crippen molar-refractivity contribution in [2.24, 2.45) is 0 Å². The molecule has 1 spiro atoms. The van der Waals surface area contributed by atoms with Gasteiger partial charge in [0.2, 0.25) is 0 Å². The van der Waals surface area contributed by atoms with Crippen LogP contribution in [0, 0.1) is 17.0 Å². The summed E-state index contributed by atoms with van der Waals surface area (Å²) in [5, 5.41) is 11.4. The first-order valence-electron chi connectivity index (χ1n) is 7.41. The molecule has 2 saturated heterocycles. The molecule has 0 bridgehead atoms. The van der Waals surface area contributed by atoms with Crippen molar-refractivity contribution in [3.05, 3.63) is 32.8 Å². The molecule has 1 unspecified atom stereocenters. The van der Waals surface area contributed by atoms with E-state index in [9.17, 15) is 10.1 Å². The van der Waals surface area contributed by atoms with Gasteiger partial charge in [0.25, 0.3) is 5.69 Å². The highest BCUT2D eigenvalue weighted by molar-refractivity contribution is 6.33. The Morgan fingerprint density at radius 2 is 2.09 bits per heavy atom. The molecule has 2 heterocycles. The van der Waals surface area contributed by atoms with Gasteiger partial charge < -0.3 is 14.4 Å². The molecule has 1 atom stereocenters. The fraction of sp³-hybridized carbons (Fsp3) is 0.600. The number of aryl methyl sites for hydroxylation is 1. The molecule has 2 fully saturated rings. The molecule has 2 aliphatic heterocycles. The van der Waals surface area contributed by atoms with Gasteiger partial charge in [0, 0.05) is 37.6 Å². The van der Waals surface area contributed by atoms with Crippen LogP contribution in [0.3, 0.4) is 0 Å². The Morgan fingerprint density at radius 1 is 1.41 bits per heavy atom. The summed E-state index contributed by atoms with van der Waals surface area (Å²) in [6.45, 7) is 5.89. The number of ether oxygens (including phenoxy) is 2. The second kappa shape index (κ2) is 5.68. The monoisotopic (exact) mass is 326 g/mol. The Morgan fingerprint density at radius 3 is 2.64 bits per heavy atom. The van der Waals surface area contributed by atoms with E-state index in [1.165, 1.54) is 6.07 Å². The lowest BCUT2D eigenvalue weighted by molar-refractivity contribution is -0.385. The van der Waals surface area contributed by atoms with Crippen LogP contribution in [0.2, 0.25) is 5.02 Å². The lowest BCUT2D eigenvalue weighted by atomic mass is 10.0. The van der Waals surface area contributed by atoms with Crippen LogP contribution in [0.4, 0.5) is 11.4 Å². The first kappa shape index (κ1) is 15.5. The van der Waals surface area contributed by atoms with Crippen molar-refractivity contribution < 1.29 is 14.4 Å². The van der Waals surface area contributed by atoms with Crippen molar-refractivity contribution >= 4 is 23.0 Å². The third-order valence-electron chi connectivity index (χ3n) is 4.33. The first-order chi connectivity index (χ1) is 10.4. The summed E-state index contributed by atoms with van der Waals surface area (Å²) < 4.78 is 11.7. The summed E-state index contributed by atoms with van der Waals surface area (Å²) in [7, 11) is 0. The molecule has 0 radical (unpaired) electrons. The Kier molecular flexibility index (Phi) is 4.01. The van der Waals surface area contributed by atoms with Gasteiger partial charge in [-0.15, -0.1) is 0 Å². The second-order valence-electron chi connectivity index (χ2n) is 5.98. The molecular formula is C15H19ClN2O4. The Hall–Kier alpha value is -1.37. The fourth-order valence-corrected chi connectivity index (χ4v) is 3.43. The summed E-state index contributed by atoms with van der Waals surface area (Å²) in [6.07, 6.45) is 1.67. The first-order valence-corrected chi connectivity index (χ1v) is 7.79. The van der Waals surface area contributed by atoms with Gasteiger partial charge in [-0.2, -0.15) is 0 Å². The van der Waals surface area contributed by atoms with Crippen molar-refractivity contribution in [2.75, 3.05) is 24.6 Å². The fourth-order valence-electron chi connectivity index (χ4n) is 3.15. The van der Waals surface area contributed by atoms with E-state index in [0.29, 0.717) is 17.2 Å². The molecule has 0 aliphatic carbocycles. The number of piperidine rings is 1. The zero-order valence-electron chi connectivity index (χ0n) is 12.7. The molecule has 1 aromatic rings. The van der Waals surface area contributed by atoms with E-state index in [2.05, 4.69) is 4.90 Å². The molecule has 0 N–H and O–H groups in total. The zero-order chi connectivity index (χ0) is 15.9. The topological polar surface area (TPSA) is 64.8 Å². The molecule has 6 nitrogen and oxygen atoms in total. The zero-order valence-corrected chi connectivity index (χ0v) is 13.4. The van der Waals surface area contributed by atoms with Gasteiger partial charge in [0.1, 0.15) is 0 Å². The van der Waals surface area contributed by atoms with Crippen molar-refractivity contribution in [3.63, 3.8) is 0 Å². The third-order valence-corrected chi connectivity index (χ3v) is 4.63. The van der Waals surface area contributed by atoms with Crippen molar-refractivity contribution in [2.45, 2.75) is 38.6 Å². The van der Waals surface area contributed by atoms with Crippen LogP contribution < -0.4 is 4.90 Å². The number of rotatable bonds is 2. The van der Waals surface area contributed by atoms with Crippen LogP contribution in [0.25, 0.3) is 0 Å². The van der Waals surface area contributed by atoms with Crippen LogP contribution in [0.5, 0.6) is 0 Å². The molecule has 0 aromatic heterocycles. The minimum Gasteiger partial charge on any atom is -0.370 e. The highest BCUT2D eigenvalue weighted by atomic mass is 35.5. The second-order valence-corrected chi connectivity index (χ2v) is 6.39. The van der Waals surface area contributed by atoms with Crippen molar-refractivity contribution in [3.8, 4) is 0 Å². The average molecular weight is 327 g/mol. The largest absolute Gasteiger partial charge is 0.370 e. The lowest BCUT2D eigenvalue weighted by Crippen LogP contribution is -2.45. The number of halogens is 1. The van der Waals surface area contributed by atoms with Crippen molar-refractivity contribution in [1.29, 1.82) is 0 Å². The average Bonchev–Trinajstić information content (AvgIpc) is 2.83. The summed E-state index contributed by atoms with van der Waals surface area (Å²) in [5.41, 5.74) is 1.51. The molecule has 22 heavy (non-hydrogen) atoms. The number of benzene rings is 1. The molecule has 0 amide bonds. The standard InChI is InChI=1S/C15H19ClN2O4/c1-10-7-14(12(16)8-13(10)18(19)20)17-5-3-15(4-6-17)21-9-11(2)22-15/h7-8,11H,3-6,9H2,1-2H3. The Bertz CT molecular complexity index is 599. The van der Waals surface area contributed by atoms with E-state index in [-0.39, 0.29) is 11.8 Å². The van der Waals surface area contributed by atoms with Crippen LogP contribution in [-0.2, 0) is 9.47 Å². The molecule has 120 valence electrons. The number of hydrogen-bond donors (Lipinski definition) is 0. The maximum absolute atomic E-state index is 11.0. The highest BCUT2D eigenvalue weighted by Gasteiger charge is 2.42. The van der Waals surface area contributed by atoms with Crippen molar-refractivity contribution in [1.82, 2.24) is 0 Å². The van der Waals surface area contributed by atoms with E-state index in [1.54, 1.807) is 13.0 Å². The van der Waals surface area contributed by atoms with Crippen LogP contribution in [-0.4, -0.2) is 36.5 Å². The highest BCUT2D eigenvalue weighted by Crippen LogP contribution is 2.38. The summed E-state index contributed by atoms with van der Waals surface area (Å²) in [5.74, 6) is -0.460. The normalized spacial score (nSPS) is 24.0. The minimum atomic E-state index is -0.460. The molecule has 2 aliphatic rings.